The zero-order valence-electron chi connectivity index (χ0n) is 13.3. The molecule has 1 aromatic rings. The molecule has 2 aliphatic rings. The highest BCUT2D eigenvalue weighted by atomic mass is 32.2. The first-order chi connectivity index (χ1) is 11.5. The summed E-state index contributed by atoms with van der Waals surface area (Å²) in [7, 11) is 0. The Morgan fingerprint density at radius 2 is 1.92 bits per heavy atom. The van der Waals surface area contributed by atoms with Crippen LogP contribution in [0.1, 0.15) is 30.1 Å². The second-order valence-electron chi connectivity index (χ2n) is 5.60. The number of amides is 1. The molecule has 2 heterocycles. The smallest absolute Gasteiger partial charge is 0.234 e. The summed E-state index contributed by atoms with van der Waals surface area (Å²) < 4.78 is 11.3. The molecule has 8 heteroatoms. The highest BCUT2D eigenvalue weighted by molar-refractivity contribution is 8.23. The van der Waals surface area contributed by atoms with Gasteiger partial charge in [-0.2, -0.15) is 0 Å². The van der Waals surface area contributed by atoms with Gasteiger partial charge in [-0.05, 0) is 25.8 Å². The predicted octanol–water partition coefficient (Wildman–Crippen LogP) is 2.67. The second-order valence-corrected chi connectivity index (χ2v) is 7.21. The first-order valence-electron chi connectivity index (χ1n) is 7.71. The molecular formula is C16H18N2O4S2. The number of likely N-dealkylation sites (tertiary alicyclic amines) is 1. The van der Waals surface area contributed by atoms with Gasteiger partial charge >= 0.3 is 0 Å². The number of anilines is 1. The van der Waals surface area contributed by atoms with Crippen LogP contribution >= 0.6 is 24.0 Å². The third-order valence-corrected chi connectivity index (χ3v) is 5.38. The number of Topliss-reactive ketones (excluding diaryl/α,β-unsaturated/α-hetero) is 1. The average Bonchev–Trinajstić information content (AvgIpc) is 3.22. The molecule has 0 atom stereocenters. The van der Waals surface area contributed by atoms with Crippen LogP contribution < -0.4 is 14.8 Å². The minimum absolute atomic E-state index is 0.115. The van der Waals surface area contributed by atoms with Gasteiger partial charge in [0.1, 0.15) is 4.32 Å². The van der Waals surface area contributed by atoms with Gasteiger partial charge in [-0.15, -0.1) is 0 Å². The topological polar surface area (TPSA) is 67.9 Å². The second kappa shape index (κ2) is 7.40. The minimum Gasteiger partial charge on any atom is -0.454 e. The van der Waals surface area contributed by atoms with Gasteiger partial charge in [0.25, 0.3) is 0 Å². The van der Waals surface area contributed by atoms with Crippen molar-refractivity contribution < 1.29 is 19.1 Å². The summed E-state index contributed by atoms with van der Waals surface area (Å²) in [5.41, 5.74) is 0.837. The summed E-state index contributed by atoms with van der Waals surface area (Å²) in [6, 6.07) is 3.22. The van der Waals surface area contributed by atoms with Crippen molar-refractivity contribution >= 4 is 45.7 Å². The average molecular weight is 366 g/mol. The molecule has 1 amide bonds. The molecule has 6 nitrogen and oxygen atoms in total. The number of carbonyl (C=O) groups is 2. The number of carbonyl (C=O) groups excluding carboxylic acids is 2. The maximum absolute atomic E-state index is 12.2. The summed E-state index contributed by atoms with van der Waals surface area (Å²) >= 11 is 6.69. The van der Waals surface area contributed by atoms with Crippen LogP contribution in [0.4, 0.5) is 5.69 Å². The quantitative estimate of drug-likeness (QED) is 0.649. The lowest BCUT2D eigenvalue weighted by molar-refractivity contribution is -0.113. The van der Waals surface area contributed by atoms with E-state index < -0.39 is 0 Å². The Morgan fingerprint density at radius 1 is 1.25 bits per heavy atom. The van der Waals surface area contributed by atoms with Crippen molar-refractivity contribution in [3.63, 3.8) is 0 Å². The van der Waals surface area contributed by atoms with Crippen LogP contribution in [0.2, 0.25) is 0 Å². The molecule has 24 heavy (non-hydrogen) atoms. The third kappa shape index (κ3) is 3.81. The first kappa shape index (κ1) is 17.0. The van der Waals surface area contributed by atoms with Gasteiger partial charge in [0.15, 0.2) is 17.3 Å². The van der Waals surface area contributed by atoms with Crippen LogP contribution in [-0.4, -0.2) is 46.5 Å². The molecule has 0 spiro atoms. The van der Waals surface area contributed by atoms with Crippen molar-refractivity contribution in [2.75, 3.05) is 31.0 Å². The summed E-state index contributed by atoms with van der Waals surface area (Å²) in [6.07, 6.45) is 2.29. The summed E-state index contributed by atoms with van der Waals surface area (Å²) in [4.78, 5) is 26.1. The van der Waals surface area contributed by atoms with Crippen molar-refractivity contribution in [3.05, 3.63) is 17.7 Å². The Labute approximate surface area is 149 Å². The van der Waals surface area contributed by atoms with Crippen LogP contribution in [0.25, 0.3) is 0 Å². The van der Waals surface area contributed by atoms with Crippen LogP contribution in [0.5, 0.6) is 11.5 Å². The number of ether oxygens (including phenoxy) is 2. The lowest BCUT2D eigenvalue weighted by Crippen LogP contribution is -2.25. The highest BCUT2D eigenvalue weighted by Gasteiger charge is 2.21. The van der Waals surface area contributed by atoms with Gasteiger partial charge < -0.3 is 19.7 Å². The molecule has 3 rings (SSSR count). The van der Waals surface area contributed by atoms with Crippen molar-refractivity contribution in [1.82, 2.24) is 4.90 Å². The van der Waals surface area contributed by atoms with Crippen molar-refractivity contribution in [3.8, 4) is 11.5 Å². The molecule has 1 N–H and O–H groups in total. The number of ketones is 1. The van der Waals surface area contributed by atoms with Crippen LogP contribution in [0, 0.1) is 0 Å². The highest BCUT2D eigenvalue weighted by Crippen LogP contribution is 2.37. The lowest BCUT2D eigenvalue weighted by Gasteiger charge is -2.17. The van der Waals surface area contributed by atoms with Gasteiger partial charge in [-0.1, -0.05) is 24.0 Å². The Balaban J connectivity index is 1.63. The molecule has 1 saturated heterocycles. The summed E-state index contributed by atoms with van der Waals surface area (Å²) in [6.45, 7) is 3.49. The number of fused-ring (bicyclic) bond motifs is 1. The van der Waals surface area contributed by atoms with E-state index in [9.17, 15) is 9.59 Å². The zero-order chi connectivity index (χ0) is 17.1. The van der Waals surface area contributed by atoms with E-state index in [2.05, 4.69) is 10.2 Å². The van der Waals surface area contributed by atoms with Crippen molar-refractivity contribution in [2.45, 2.75) is 19.8 Å². The molecular weight excluding hydrogens is 348 g/mol. The van der Waals surface area contributed by atoms with E-state index in [1.165, 1.54) is 18.7 Å². The van der Waals surface area contributed by atoms with E-state index in [1.807, 2.05) is 0 Å². The maximum atomic E-state index is 12.2. The number of rotatable bonds is 4. The monoisotopic (exact) mass is 366 g/mol. The van der Waals surface area contributed by atoms with E-state index in [4.69, 9.17) is 21.7 Å². The Hall–Kier alpha value is -1.80. The van der Waals surface area contributed by atoms with Crippen LogP contribution in [-0.2, 0) is 4.79 Å². The molecule has 0 aliphatic carbocycles. The van der Waals surface area contributed by atoms with Crippen molar-refractivity contribution in [1.29, 1.82) is 0 Å². The van der Waals surface area contributed by atoms with E-state index in [1.54, 1.807) is 12.1 Å². The number of thioether (sulfide) groups is 1. The molecule has 0 radical (unpaired) electrons. The number of hydrogen-bond acceptors (Lipinski definition) is 6. The van der Waals surface area contributed by atoms with Gasteiger partial charge in [0.2, 0.25) is 12.7 Å². The molecule has 0 saturated carbocycles. The zero-order valence-corrected chi connectivity index (χ0v) is 14.9. The number of nitrogens with zero attached hydrogens (tertiary/aromatic N) is 1. The molecule has 128 valence electrons. The van der Waals surface area contributed by atoms with E-state index in [-0.39, 0.29) is 24.2 Å². The number of hydrogen-bond donors (Lipinski definition) is 1. The van der Waals surface area contributed by atoms with Crippen LogP contribution in [0.15, 0.2) is 12.1 Å². The number of thiocarbonyl (C=S) groups is 1. The fourth-order valence-electron chi connectivity index (χ4n) is 2.64. The normalized spacial score (nSPS) is 15.5. The summed E-state index contributed by atoms with van der Waals surface area (Å²) in [5, 5.41) is 2.77. The number of nitrogens with one attached hydrogen (secondary N) is 1. The van der Waals surface area contributed by atoms with E-state index in [0.29, 0.717) is 22.7 Å². The molecule has 0 bridgehead atoms. The number of benzene rings is 1. The van der Waals surface area contributed by atoms with Gasteiger partial charge in [0.05, 0.1) is 11.4 Å². The largest absolute Gasteiger partial charge is 0.454 e. The molecule has 0 unspecified atom stereocenters. The van der Waals surface area contributed by atoms with Gasteiger partial charge in [0, 0.05) is 24.7 Å². The van der Waals surface area contributed by atoms with Gasteiger partial charge in [-0.25, -0.2) is 0 Å². The Kier molecular flexibility index (Phi) is 5.25. The molecule has 1 fully saturated rings. The first-order valence-corrected chi connectivity index (χ1v) is 9.10. The van der Waals surface area contributed by atoms with Gasteiger partial charge in [-0.3, -0.25) is 9.59 Å². The fourth-order valence-corrected chi connectivity index (χ4v) is 3.69. The van der Waals surface area contributed by atoms with Crippen LogP contribution in [0.3, 0.4) is 0 Å². The Morgan fingerprint density at radius 3 is 2.58 bits per heavy atom. The molecule has 0 aromatic heterocycles. The standard InChI is InChI=1S/C16H18N2O4S2/c1-10(19)11-6-13-14(22-9-21-13)7-12(11)17-15(20)8-24-16(23)18-4-2-3-5-18/h6-7H,2-5,8-9H2,1H3,(H,17,20). The Bertz CT molecular complexity index is 687. The SMILES string of the molecule is CC(=O)c1cc2c(cc1NC(=O)CSC(=S)N1CCCC1)OCO2. The summed E-state index contributed by atoms with van der Waals surface area (Å²) in [5.74, 6) is 0.895. The van der Waals surface area contributed by atoms with E-state index in [0.717, 1.165) is 30.3 Å². The molecule has 2 aliphatic heterocycles. The lowest BCUT2D eigenvalue weighted by atomic mass is 10.1. The predicted molar refractivity (Wildman–Crippen MR) is 97.1 cm³/mol. The third-order valence-electron chi connectivity index (χ3n) is 3.86. The maximum Gasteiger partial charge on any atom is 0.234 e. The van der Waals surface area contributed by atoms with Crippen molar-refractivity contribution in [2.24, 2.45) is 0 Å². The minimum atomic E-state index is -0.206. The fraction of sp³-hybridized carbons (Fsp3) is 0.438. The molecule has 1 aromatic carbocycles. The van der Waals surface area contributed by atoms with E-state index >= 15 is 0 Å².